The summed E-state index contributed by atoms with van der Waals surface area (Å²) in [5.41, 5.74) is 6.28. The first-order valence-electron chi connectivity index (χ1n) is 4.46. The summed E-state index contributed by atoms with van der Waals surface area (Å²) < 4.78 is 14.5. The molecule has 0 amide bonds. The average molecular weight is 303 g/mol. The third-order valence-corrected chi connectivity index (χ3v) is 3.03. The molecule has 16 heavy (non-hydrogen) atoms. The number of carboxylic acid groups (broad SMARTS) is 1. The second-order valence-corrected chi connectivity index (χ2v) is 5.43. The van der Waals surface area contributed by atoms with Crippen LogP contribution in [0, 0.1) is 12.7 Å². The lowest BCUT2D eigenvalue weighted by atomic mass is 10.0. The molecule has 0 saturated carbocycles. The Kier molecular flexibility index (Phi) is 3.87. The summed E-state index contributed by atoms with van der Waals surface area (Å²) in [6.07, 6.45) is -0.406. The predicted molar refractivity (Wildman–Crippen MR) is 62.7 cm³/mol. The van der Waals surface area contributed by atoms with Crippen LogP contribution in [-0.2, 0) is 9.96 Å². The maximum Gasteiger partial charge on any atom is 0.305 e. The molecule has 0 saturated heterocycles. The standard InChI is InChI=1S/C10H10BrFNO2Si/c1-5-2-6(11)3-7(9(5)12)10(13,16)4-8(14)15/h2-3H,4,13H2,1H3,(H,14,15)/t10-/m0/s1. The van der Waals surface area contributed by atoms with Crippen molar-refractivity contribution in [3.8, 4) is 0 Å². The normalized spacial score (nSPS) is 14.6. The fourth-order valence-corrected chi connectivity index (χ4v) is 2.29. The number of aliphatic carboxylic acids is 1. The van der Waals surface area contributed by atoms with E-state index in [2.05, 4.69) is 26.2 Å². The van der Waals surface area contributed by atoms with Crippen LogP contribution in [0.15, 0.2) is 16.6 Å². The lowest BCUT2D eigenvalue weighted by molar-refractivity contribution is -0.137. The number of nitrogens with two attached hydrogens (primary N) is 1. The SMILES string of the molecule is Cc1cc(Br)cc([C@@](N)([Si])CC(=O)O)c1F. The van der Waals surface area contributed by atoms with E-state index in [0.717, 1.165) is 0 Å². The van der Waals surface area contributed by atoms with Gasteiger partial charge in [0, 0.05) is 15.2 Å². The molecule has 3 nitrogen and oxygen atoms in total. The number of carboxylic acids is 1. The Labute approximate surface area is 104 Å². The van der Waals surface area contributed by atoms with Gasteiger partial charge in [-0.05, 0) is 24.6 Å². The minimum atomic E-state index is -1.41. The maximum absolute atomic E-state index is 13.8. The molecule has 0 bridgehead atoms. The highest BCUT2D eigenvalue weighted by molar-refractivity contribution is 9.10. The molecule has 0 spiro atoms. The number of hydrogen-bond acceptors (Lipinski definition) is 2. The number of benzene rings is 1. The van der Waals surface area contributed by atoms with Gasteiger partial charge in [0.25, 0.3) is 0 Å². The van der Waals surface area contributed by atoms with Crippen LogP contribution in [0.4, 0.5) is 4.39 Å². The monoisotopic (exact) mass is 302 g/mol. The summed E-state index contributed by atoms with van der Waals surface area (Å²) in [7, 11) is 3.10. The van der Waals surface area contributed by atoms with E-state index in [-0.39, 0.29) is 5.56 Å². The second kappa shape index (κ2) is 4.64. The minimum Gasteiger partial charge on any atom is -0.481 e. The maximum atomic E-state index is 13.8. The molecule has 0 unspecified atom stereocenters. The molecule has 3 N–H and O–H groups in total. The molecule has 85 valence electrons. The molecule has 1 atom stereocenters. The van der Waals surface area contributed by atoms with Gasteiger partial charge in [-0.15, -0.1) is 0 Å². The van der Waals surface area contributed by atoms with Crippen LogP contribution in [0.3, 0.4) is 0 Å². The van der Waals surface area contributed by atoms with Gasteiger partial charge in [0.1, 0.15) is 5.82 Å². The third kappa shape index (κ3) is 2.90. The van der Waals surface area contributed by atoms with Crippen molar-refractivity contribution in [2.24, 2.45) is 5.73 Å². The van der Waals surface area contributed by atoms with Crippen LogP contribution in [0.1, 0.15) is 17.5 Å². The van der Waals surface area contributed by atoms with Crippen LogP contribution in [0.25, 0.3) is 0 Å². The van der Waals surface area contributed by atoms with Gasteiger partial charge in [0.2, 0.25) is 0 Å². The van der Waals surface area contributed by atoms with Crippen molar-refractivity contribution < 1.29 is 14.3 Å². The molecule has 1 rings (SSSR count). The zero-order valence-corrected chi connectivity index (χ0v) is 11.1. The summed E-state index contributed by atoms with van der Waals surface area (Å²) >= 11 is 3.21. The first-order valence-corrected chi connectivity index (χ1v) is 5.75. The predicted octanol–water partition coefficient (Wildman–Crippen LogP) is 1.65. The first-order chi connectivity index (χ1) is 7.24. The molecular formula is C10H10BrFNO2Si. The Bertz CT molecular complexity index is 437. The van der Waals surface area contributed by atoms with Gasteiger partial charge in [-0.1, -0.05) is 15.9 Å². The lowest BCUT2D eigenvalue weighted by Gasteiger charge is -2.24. The van der Waals surface area contributed by atoms with Crippen LogP contribution < -0.4 is 5.73 Å². The molecule has 0 aliphatic carbocycles. The van der Waals surface area contributed by atoms with Crippen LogP contribution in [0.5, 0.6) is 0 Å². The van der Waals surface area contributed by atoms with Crippen molar-refractivity contribution in [3.63, 3.8) is 0 Å². The summed E-state index contributed by atoms with van der Waals surface area (Å²) in [5, 5.41) is 7.28. The molecule has 1 aromatic carbocycles. The molecule has 3 radical (unpaired) electrons. The van der Waals surface area contributed by atoms with Gasteiger partial charge in [-0.2, -0.15) is 0 Å². The van der Waals surface area contributed by atoms with E-state index in [4.69, 9.17) is 10.8 Å². The molecule has 0 aromatic heterocycles. The topological polar surface area (TPSA) is 63.3 Å². The fourth-order valence-electron chi connectivity index (χ4n) is 1.38. The molecular weight excluding hydrogens is 293 g/mol. The summed E-state index contributed by atoms with van der Waals surface area (Å²) in [4.78, 5) is 10.6. The van der Waals surface area contributed by atoms with E-state index >= 15 is 0 Å². The van der Waals surface area contributed by atoms with Crippen molar-refractivity contribution in [1.29, 1.82) is 0 Å². The number of rotatable bonds is 3. The zero-order valence-electron chi connectivity index (χ0n) is 8.55. The number of hydrogen-bond donors (Lipinski definition) is 2. The van der Waals surface area contributed by atoms with Gasteiger partial charge < -0.3 is 10.8 Å². The summed E-state index contributed by atoms with van der Waals surface area (Å²) in [6.45, 7) is 1.59. The van der Waals surface area contributed by atoms with Gasteiger partial charge in [0.15, 0.2) is 0 Å². The number of carbonyl (C=O) groups is 1. The highest BCUT2D eigenvalue weighted by Gasteiger charge is 2.28. The smallest absolute Gasteiger partial charge is 0.305 e. The van der Waals surface area contributed by atoms with E-state index < -0.39 is 23.4 Å². The molecule has 0 aliphatic heterocycles. The van der Waals surface area contributed by atoms with Crippen molar-refractivity contribution >= 4 is 32.1 Å². The van der Waals surface area contributed by atoms with Gasteiger partial charge in [-0.3, -0.25) is 4.79 Å². The molecule has 1 aromatic rings. The van der Waals surface area contributed by atoms with Crippen molar-refractivity contribution in [2.45, 2.75) is 18.5 Å². The van der Waals surface area contributed by atoms with Gasteiger partial charge in [-0.25, -0.2) is 4.39 Å². The van der Waals surface area contributed by atoms with E-state index in [1.165, 1.54) is 6.07 Å². The van der Waals surface area contributed by atoms with Gasteiger partial charge >= 0.3 is 5.97 Å². The highest BCUT2D eigenvalue weighted by atomic mass is 79.9. The van der Waals surface area contributed by atoms with Crippen LogP contribution in [0.2, 0.25) is 0 Å². The fraction of sp³-hybridized carbons (Fsp3) is 0.300. The average Bonchev–Trinajstić information content (AvgIpc) is 2.08. The largest absolute Gasteiger partial charge is 0.481 e. The van der Waals surface area contributed by atoms with Crippen molar-refractivity contribution in [1.82, 2.24) is 0 Å². The summed E-state index contributed by atoms with van der Waals surface area (Å²) in [6, 6.07) is 3.07. The Morgan fingerprint density at radius 3 is 2.75 bits per heavy atom. The number of halogens is 2. The molecule has 0 aliphatic rings. The van der Waals surface area contributed by atoms with E-state index in [1.54, 1.807) is 13.0 Å². The minimum absolute atomic E-state index is 0.124. The third-order valence-electron chi connectivity index (χ3n) is 2.13. The Hall–Kier alpha value is -0.723. The van der Waals surface area contributed by atoms with Crippen molar-refractivity contribution in [3.05, 3.63) is 33.5 Å². The van der Waals surface area contributed by atoms with E-state index in [9.17, 15) is 9.18 Å². The van der Waals surface area contributed by atoms with E-state index in [0.29, 0.717) is 10.0 Å². The van der Waals surface area contributed by atoms with E-state index in [1.807, 2.05) is 0 Å². The highest BCUT2D eigenvalue weighted by Crippen LogP contribution is 2.27. The lowest BCUT2D eigenvalue weighted by Crippen LogP contribution is -2.40. The number of aryl methyl sites for hydroxylation is 1. The first kappa shape index (κ1) is 13.3. The molecule has 0 heterocycles. The van der Waals surface area contributed by atoms with Crippen LogP contribution >= 0.6 is 15.9 Å². The molecule has 6 heteroatoms. The van der Waals surface area contributed by atoms with Crippen LogP contribution in [-0.4, -0.2) is 21.3 Å². The van der Waals surface area contributed by atoms with Gasteiger partial charge in [0.05, 0.1) is 16.7 Å². The Morgan fingerprint density at radius 1 is 1.69 bits per heavy atom. The molecule has 0 fully saturated rings. The van der Waals surface area contributed by atoms with Crippen molar-refractivity contribution in [2.75, 3.05) is 0 Å². The Morgan fingerprint density at radius 2 is 2.25 bits per heavy atom. The summed E-state index contributed by atoms with van der Waals surface area (Å²) in [5.74, 6) is -1.60. The quantitative estimate of drug-likeness (QED) is 0.835. The second-order valence-electron chi connectivity index (χ2n) is 3.63. The zero-order chi connectivity index (χ0) is 12.5. The Balaban J connectivity index is 3.26.